The molecule has 1 aliphatic heterocycles. The third-order valence-electron chi connectivity index (χ3n) is 5.15. The second-order valence-electron chi connectivity index (χ2n) is 6.92. The summed E-state index contributed by atoms with van der Waals surface area (Å²) in [5.74, 6) is 0.879. The molecule has 2 nitrogen and oxygen atoms in total. The van der Waals surface area contributed by atoms with Crippen LogP contribution in [0.4, 0.5) is 0 Å². The number of rotatable bonds is 4. The van der Waals surface area contributed by atoms with Crippen molar-refractivity contribution >= 4 is 0 Å². The zero-order valence-electron chi connectivity index (χ0n) is 12.7. The standard InChI is InChI=1S/C16H32N2/c1-4-17-15-10-7-5-6-9-14(15)13-18-12-8-11-16(18,2)3/h14-15,17H,4-13H2,1-3H3. The van der Waals surface area contributed by atoms with Crippen LogP contribution in [0.5, 0.6) is 0 Å². The highest BCUT2D eigenvalue weighted by atomic mass is 15.2. The van der Waals surface area contributed by atoms with Crippen molar-refractivity contribution in [3.05, 3.63) is 0 Å². The lowest BCUT2D eigenvalue weighted by Gasteiger charge is -2.37. The fourth-order valence-corrected chi connectivity index (χ4v) is 3.92. The first kappa shape index (κ1) is 14.3. The van der Waals surface area contributed by atoms with Crippen molar-refractivity contribution in [1.82, 2.24) is 10.2 Å². The summed E-state index contributed by atoms with van der Waals surface area (Å²) in [4.78, 5) is 2.76. The van der Waals surface area contributed by atoms with Gasteiger partial charge in [-0.2, -0.15) is 0 Å². The Morgan fingerprint density at radius 3 is 2.56 bits per heavy atom. The predicted molar refractivity (Wildman–Crippen MR) is 78.9 cm³/mol. The van der Waals surface area contributed by atoms with E-state index in [9.17, 15) is 0 Å². The van der Waals surface area contributed by atoms with Gasteiger partial charge in [0.05, 0.1) is 0 Å². The lowest BCUT2D eigenvalue weighted by molar-refractivity contribution is 0.129. The van der Waals surface area contributed by atoms with E-state index in [0.29, 0.717) is 5.54 Å². The summed E-state index contributed by atoms with van der Waals surface area (Å²) in [6.07, 6.45) is 9.92. The van der Waals surface area contributed by atoms with E-state index in [0.717, 1.165) is 18.5 Å². The molecular formula is C16H32N2. The van der Waals surface area contributed by atoms with Gasteiger partial charge in [-0.1, -0.05) is 26.2 Å². The first-order chi connectivity index (χ1) is 8.63. The molecule has 2 aliphatic rings. The van der Waals surface area contributed by atoms with E-state index in [1.807, 2.05) is 0 Å². The van der Waals surface area contributed by atoms with E-state index in [-0.39, 0.29) is 0 Å². The number of likely N-dealkylation sites (tertiary alicyclic amines) is 1. The van der Waals surface area contributed by atoms with Crippen LogP contribution in [0.25, 0.3) is 0 Å². The maximum atomic E-state index is 3.75. The largest absolute Gasteiger partial charge is 0.314 e. The average Bonchev–Trinajstić information content (AvgIpc) is 2.52. The lowest BCUT2D eigenvalue weighted by atomic mass is 9.92. The van der Waals surface area contributed by atoms with Crippen LogP contribution in [0.3, 0.4) is 0 Å². The number of nitrogens with zero attached hydrogens (tertiary/aromatic N) is 1. The fourth-order valence-electron chi connectivity index (χ4n) is 3.92. The zero-order chi connectivity index (χ0) is 13.0. The van der Waals surface area contributed by atoms with Crippen LogP contribution in [0.15, 0.2) is 0 Å². The van der Waals surface area contributed by atoms with Crippen molar-refractivity contribution < 1.29 is 0 Å². The Morgan fingerprint density at radius 1 is 1.11 bits per heavy atom. The van der Waals surface area contributed by atoms with Crippen molar-refractivity contribution in [2.75, 3.05) is 19.6 Å². The van der Waals surface area contributed by atoms with E-state index >= 15 is 0 Å². The molecule has 0 radical (unpaired) electrons. The van der Waals surface area contributed by atoms with E-state index < -0.39 is 0 Å². The summed E-state index contributed by atoms with van der Waals surface area (Å²) in [5, 5.41) is 3.75. The van der Waals surface area contributed by atoms with Crippen molar-refractivity contribution in [1.29, 1.82) is 0 Å². The molecule has 1 N–H and O–H groups in total. The normalized spacial score (nSPS) is 33.5. The van der Waals surface area contributed by atoms with Crippen LogP contribution in [0, 0.1) is 5.92 Å². The average molecular weight is 252 g/mol. The number of hydrogen-bond acceptors (Lipinski definition) is 2. The molecule has 1 aliphatic carbocycles. The van der Waals surface area contributed by atoms with E-state index in [4.69, 9.17) is 0 Å². The Kier molecular flexibility index (Phi) is 5.08. The maximum absolute atomic E-state index is 3.75. The van der Waals surface area contributed by atoms with E-state index in [2.05, 4.69) is 31.0 Å². The third-order valence-corrected chi connectivity index (χ3v) is 5.15. The monoisotopic (exact) mass is 252 g/mol. The molecule has 0 aromatic heterocycles. The zero-order valence-corrected chi connectivity index (χ0v) is 12.7. The highest BCUT2D eigenvalue weighted by molar-refractivity contribution is 4.91. The smallest absolute Gasteiger partial charge is 0.0153 e. The molecule has 18 heavy (non-hydrogen) atoms. The van der Waals surface area contributed by atoms with Gasteiger partial charge >= 0.3 is 0 Å². The Hall–Kier alpha value is -0.0800. The van der Waals surface area contributed by atoms with Gasteiger partial charge in [0.25, 0.3) is 0 Å². The number of nitrogens with one attached hydrogen (secondary N) is 1. The van der Waals surface area contributed by atoms with Gasteiger partial charge in [-0.05, 0) is 58.5 Å². The van der Waals surface area contributed by atoms with Gasteiger partial charge in [-0.25, -0.2) is 0 Å². The second-order valence-corrected chi connectivity index (χ2v) is 6.92. The van der Waals surface area contributed by atoms with E-state index in [1.165, 1.54) is 58.0 Å². The summed E-state index contributed by atoms with van der Waals surface area (Å²) in [5.41, 5.74) is 0.447. The fraction of sp³-hybridized carbons (Fsp3) is 1.00. The van der Waals surface area contributed by atoms with Crippen LogP contribution >= 0.6 is 0 Å². The Bertz CT molecular complexity index is 249. The third kappa shape index (κ3) is 3.48. The Morgan fingerprint density at radius 2 is 1.89 bits per heavy atom. The van der Waals surface area contributed by atoms with Crippen LogP contribution < -0.4 is 5.32 Å². The molecule has 2 heteroatoms. The van der Waals surface area contributed by atoms with Gasteiger partial charge in [0.15, 0.2) is 0 Å². The molecule has 2 rings (SSSR count). The van der Waals surface area contributed by atoms with Crippen molar-refractivity contribution in [3.8, 4) is 0 Å². The maximum Gasteiger partial charge on any atom is 0.0153 e. The first-order valence-electron chi connectivity index (χ1n) is 8.12. The molecule has 2 unspecified atom stereocenters. The first-order valence-corrected chi connectivity index (χ1v) is 8.12. The topological polar surface area (TPSA) is 15.3 Å². The van der Waals surface area contributed by atoms with Crippen molar-refractivity contribution in [3.63, 3.8) is 0 Å². The van der Waals surface area contributed by atoms with Crippen LogP contribution in [0.1, 0.15) is 65.7 Å². The van der Waals surface area contributed by atoms with Crippen molar-refractivity contribution in [2.45, 2.75) is 77.3 Å². The van der Waals surface area contributed by atoms with Gasteiger partial charge in [-0.3, -0.25) is 4.90 Å². The summed E-state index contributed by atoms with van der Waals surface area (Å²) >= 11 is 0. The summed E-state index contributed by atoms with van der Waals surface area (Å²) in [7, 11) is 0. The second kappa shape index (κ2) is 6.38. The van der Waals surface area contributed by atoms with Gasteiger partial charge in [0.1, 0.15) is 0 Å². The quantitative estimate of drug-likeness (QED) is 0.771. The SMILES string of the molecule is CCNC1CCCCCC1CN1CCCC1(C)C. The minimum absolute atomic E-state index is 0.447. The van der Waals surface area contributed by atoms with E-state index in [1.54, 1.807) is 0 Å². The minimum atomic E-state index is 0.447. The Balaban J connectivity index is 1.95. The van der Waals surface area contributed by atoms with Crippen LogP contribution in [-0.2, 0) is 0 Å². The summed E-state index contributed by atoms with van der Waals surface area (Å²) in [6, 6.07) is 0.772. The molecule has 0 aromatic rings. The summed E-state index contributed by atoms with van der Waals surface area (Å²) in [6.45, 7) is 10.9. The number of hydrogen-bond donors (Lipinski definition) is 1. The summed E-state index contributed by atoms with van der Waals surface area (Å²) < 4.78 is 0. The molecule has 1 heterocycles. The molecule has 2 fully saturated rings. The van der Waals surface area contributed by atoms with Crippen molar-refractivity contribution in [2.24, 2.45) is 5.92 Å². The minimum Gasteiger partial charge on any atom is -0.314 e. The van der Waals surface area contributed by atoms with Gasteiger partial charge in [0.2, 0.25) is 0 Å². The highest BCUT2D eigenvalue weighted by Gasteiger charge is 2.35. The Labute approximate surface area is 114 Å². The molecular weight excluding hydrogens is 220 g/mol. The molecule has 0 aromatic carbocycles. The highest BCUT2D eigenvalue weighted by Crippen LogP contribution is 2.32. The molecule has 0 spiro atoms. The molecule has 1 saturated carbocycles. The molecule has 2 atom stereocenters. The predicted octanol–water partition coefficient (Wildman–Crippen LogP) is 3.42. The lowest BCUT2D eigenvalue weighted by Crippen LogP contribution is -2.46. The van der Waals surface area contributed by atoms with Crippen LogP contribution in [0.2, 0.25) is 0 Å². The molecule has 1 saturated heterocycles. The van der Waals surface area contributed by atoms with Crippen LogP contribution in [-0.4, -0.2) is 36.1 Å². The molecule has 0 amide bonds. The van der Waals surface area contributed by atoms with Gasteiger partial charge in [-0.15, -0.1) is 0 Å². The van der Waals surface area contributed by atoms with Gasteiger partial charge in [0, 0.05) is 18.1 Å². The molecule has 0 bridgehead atoms. The van der Waals surface area contributed by atoms with Gasteiger partial charge < -0.3 is 5.32 Å². The molecule has 106 valence electrons.